The van der Waals surface area contributed by atoms with Gasteiger partial charge in [0.1, 0.15) is 0 Å². The average Bonchev–Trinajstić information content (AvgIpc) is 2.53. The molecule has 0 bridgehead atoms. The van der Waals surface area contributed by atoms with E-state index < -0.39 is 5.72 Å². The first-order valence-electron chi connectivity index (χ1n) is 7.13. The summed E-state index contributed by atoms with van der Waals surface area (Å²) in [5.41, 5.74) is 6.65. The predicted molar refractivity (Wildman–Crippen MR) is 102 cm³/mol. The zero-order chi connectivity index (χ0) is 18.3. The van der Waals surface area contributed by atoms with Gasteiger partial charge in [0.15, 0.2) is 5.72 Å². The summed E-state index contributed by atoms with van der Waals surface area (Å²) in [4.78, 5) is 12.1. The maximum Gasteiger partial charge on any atom is 0.294 e. The molecule has 23 heavy (non-hydrogen) atoms. The van der Waals surface area contributed by atoms with Gasteiger partial charge < -0.3 is 15.8 Å². The quantitative estimate of drug-likeness (QED) is 0.337. The number of hydrogen-bond acceptors (Lipinski definition) is 5. The highest BCUT2D eigenvalue weighted by Crippen LogP contribution is 2.11. The van der Waals surface area contributed by atoms with Gasteiger partial charge in [-0.15, -0.1) is 0 Å². The number of carbonyl (C=O) groups excluding carboxylic acids is 1. The van der Waals surface area contributed by atoms with Crippen LogP contribution in [-0.2, 0) is 9.53 Å². The average molecular weight is 362 g/mol. The molecule has 1 rings (SSSR count). The van der Waals surface area contributed by atoms with Crippen molar-refractivity contribution in [2.45, 2.75) is 26.5 Å². The molecule has 3 N–H and O–H groups in total. The fourth-order valence-electron chi connectivity index (χ4n) is 1.30. The van der Waals surface area contributed by atoms with Crippen LogP contribution in [0.1, 0.15) is 19.4 Å². The first-order chi connectivity index (χ1) is 10.8. The molecule has 0 radical (unpaired) electrons. The van der Waals surface area contributed by atoms with Crippen LogP contribution >= 0.6 is 23.8 Å². The third-order valence-corrected chi connectivity index (χ3v) is 3.36. The Morgan fingerprint density at radius 3 is 2.26 bits per heavy atom. The van der Waals surface area contributed by atoms with Gasteiger partial charge in [-0.2, -0.15) is 0 Å². The number of thiocarbonyl (C=S) groups is 1. The lowest BCUT2D eigenvalue weighted by atomic mass is 10.2. The molecular formula is C16H28ClN3O2S. The van der Waals surface area contributed by atoms with Crippen molar-refractivity contribution in [3.05, 3.63) is 34.9 Å². The Bertz CT molecular complexity index is 407. The van der Waals surface area contributed by atoms with Gasteiger partial charge in [0, 0.05) is 18.1 Å². The fraction of sp³-hybridized carbons (Fsp3) is 0.500. The number of carbonyl (C=O) groups is 1. The van der Waals surface area contributed by atoms with E-state index in [1.807, 2.05) is 57.0 Å². The van der Waals surface area contributed by atoms with Crippen LogP contribution in [0.3, 0.4) is 0 Å². The fourth-order valence-corrected chi connectivity index (χ4v) is 1.55. The molecule has 0 spiro atoms. The molecule has 132 valence electrons. The van der Waals surface area contributed by atoms with Crippen molar-refractivity contribution in [3.8, 4) is 0 Å². The number of nitrogens with two attached hydrogens (primary N) is 1. The number of hydrogen-bond donors (Lipinski definition) is 2. The van der Waals surface area contributed by atoms with Crippen molar-refractivity contribution >= 4 is 35.8 Å². The first-order valence-corrected chi connectivity index (χ1v) is 7.98. The number of nitrogens with one attached hydrogen (secondary N) is 1. The van der Waals surface area contributed by atoms with Gasteiger partial charge in [0.2, 0.25) is 0 Å². The monoisotopic (exact) mass is 361 g/mol. The van der Waals surface area contributed by atoms with Crippen LogP contribution in [0.15, 0.2) is 24.3 Å². The topological polar surface area (TPSA) is 67.6 Å². The van der Waals surface area contributed by atoms with Crippen LogP contribution in [0.4, 0.5) is 0 Å². The minimum absolute atomic E-state index is 0.461. The molecule has 1 aromatic rings. The Labute approximate surface area is 150 Å². The van der Waals surface area contributed by atoms with Gasteiger partial charge in [0.05, 0.1) is 5.49 Å². The van der Waals surface area contributed by atoms with Crippen LogP contribution < -0.4 is 11.1 Å². The molecule has 0 unspecified atom stereocenters. The van der Waals surface area contributed by atoms with Gasteiger partial charge >= 0.3 is 0 Å². The van der Waals surface area contributed by atoms with E-state index in [0.717, 1.165) is 18.1 Å². The Balaban J connectivity index is 0. The third-order valence-electron chi connectivity index (χ3n) is 2.94. The molecule has 0 aromatic heterocycles. The number of aryl methyl sites for hydroxylation is 1. The third kappa shape index (κ3) is 13.0. The highest BCUT2D eigenvalue weighted by molar-refractivity contribution is 7.78. The smallest absolute Gasteiger partial charge is 0.294 e. The summed E-state index contributed by atoms with van der Waals surface area (Å²) < 4.78 is 4.90. The molecule has 0 saturated carbocycles. The van der Waals surface area contributed by atoms with Crippen molar-refractivity contribution in [3.63, 3.8) is 0 Å². The van der Waals surface area contributed by atoms with Crippen LogP contribution in [0.25, 0.3) is 0 Å². The summed E-state index contributed by atoms with van der Waals surface area (Å²) >= 11 is 10.2. The lowest BCUT2D eigenvalue weighted by molar-refractivity contribution is -0.157. The number of benzene rings is 1. The number of ether oxygens (including phenoxy) is 1. The Kier molecular flexibility index (Phi) is 15.0. The SMILES string of the molecule is CN.CN(CCNC=S)C(C)(C)OC=O.Cc1ccc(Cl)cc1. The molecule has 0 amide bonds. The second kappa shape index (κ2) is 14.4. The van der Waals surface area contributed by atoms with E-state index >= 15 is 0 Å². The van der Waals surface area contributed by atoms with E-state index in [4.69, 9.17) is 16.3 Å². The highest BCUT2D eigenvalue weighted by atomic mass is 35.5. The van der Waals surface area contributed by atoms with Crippen molar-refractivity contribution < 1.29 is 9.53 Å². The second-order valence-electron chi connectivity index (χ2n) is 4.95. The number of nitrogens with zero attached hydrogens (tertiary/aromatic N) is 1. The van der Waals surface area contributed by atoms with Crippen LogP contribution in [0, 0.1) is 6.92 Å². The number of likely N-dealkylation sites (N-methyl/N-ethyl adjacent to an activating group) is 1. The zero-order valence-corrected chi connectivity index (χ0v) is 16.1. The number of halogens is 1. The van der Waals surface area contributed by atoms with Crippen molar-refractivity contribution in [1.29, 1.82) is 0 Å². The van der Waals surface area contributed by atoms with E-state index in [2.05, 4.69) is 23.3 Å². The molecule has 0 aliphatic rings. The van der Waals surface area contributed by atoms with Crippen molar-refractivity contribution in [2.24, 2.45) is 5.73 Å². The molecule has 0 fully saturated rings. The Morgan fingerprint density at radius 1 is 1.35 bits per heavy atom. The molecule has 5 nitrogen and oxygen atoms in total. The lowest BCUT2D eigenvalue weighted by Gasteiger charge is -2.33. The molecule has 0 saturated heterocycles. The number of rotatable bonds is 7. The molecule has 7 heteroatoms. The molecule has 0 aliphatic heterocycles. The van der Waals surface area contributed by atoms with Crippen molar-refractivity contribution in [2.75, 3.05) is 27.2 Å². The minimum Gasteiger partial charge on any atom is -0.447 e. The molecule has 1 aromatic carbocycles. The summed E-state index contributed by atoms with van der Waals surface area (Å²) in [6, 6.07) is 7.75. The minimum atomic E-state index is -0.565. The maximum absolute atomic E-state index is 10.2. The van der Waals surface area contributed by atoms with Crippen LogP contribution in [-0.4, -0.2) is 49.8 Å². The van der Waals surface area contributed by atoms with Crippen LogP contribution in [0.2, 0.25) is 5.02 Å². The summed E-state index contributed by atoms with van der Waals surface area (Å²) in [7, 11) is 3.38. The largest absolute Gasteiger partial charge is 0.447 e. The van der Waals surface area contributed by atoms with Gasteiger partial charge in [0.25, 0.3) is 6.47 Å². The Hall–Kier alpha value is -1.21. The lowest BCUT2D eigenvalue weighted by Crippen LogP contribution is -2.45. The zero-order valence-electron chi connectivity index (χ0n) is 14.5. The van der Waals surface area contributed by atoms with Gasteiger partial charge in [-0.3, -0.25) is 9.69 Å². The molecule has 0 atom stereocenters. The summed E-state index contributed by atoms with van der Waals surface area (Å²) in [5.74, 6) is 0. The van der Waals surface area contributed by atoms with E-state index in [-0.39, 0.29) is 0 Å². The molecule has 0 aliphatic carbocycles. The van der Waals surface area contributed by atoms with E-state index in [1.54, 1.807) is 0 Å². The van der Waals surface area contributed by atoms with Crippen LogP contribution in [0.5, 0.6) is 0 Å². The summed E-state index contributed by atoms with van der Waals surface area (Å²) in [6.07, 6.45) is 0. The van der Waals surface area contributed by atoms with E-state index in [9.17, 15) is 4.79 Å². The van der Waals surface area contributed by atoms with Crippen molar-refractivity contribution in [1.82, 2.24) is 10.2 Å². The summed E-state index contributed by atoms with van der Waals surface area (Å²) in [6.45, 7) is 7.66. The first kappa shape index (κ1) is 24.0. The molecule has 0 heterocycles. The maximum atomic E-state index is 10.2. The highest BCUT2D eigenvalue weighted by Gasteiger charge is 2.23. The summed E-state index contributed by atoms with van der Waals surface area (Å²) in [5, 5.41) is 3.70. The van der Waals surface area contributed by atoms with Gasteiger partial charge in [-0.05, 0) is 47.0 Å². The standard InChI is InChI=1S/C8H16N2O2S.C7H7Cl.CH5N/c1-8(2,12-7-11)10(3)5-4-9-6-13;1-6-2-4-7(8)5-3-6;1-2/h6-7H,4-5H2,1-3H3,(H,9,13);2-5H,1H3;2H2,1H3. The normalized spacial score (nSPS) is 9.74. The Morgan fingerprint density at radius 2 is 1.87 bits per heavy atom. The van der Waals surface area contributed by atoms with E-state index in [0.29, 0.717) is 6.47 Å². The second-order valence-corrected chi connectivity index (χ2v) is 5.62. The van der Waals surface area contributed by atoms with Gasteiger partial charge in [-0.1, -0.05) is 41.5 Å². The van der Waals surface area contributed by atoms with E-state index in [1.165, 1.54) is 18.1 Å². The van der Waals surface area contributed by atoms with Gasteiger partial charge in [-0.25, -0.2) is 0 Å². The molecular weight excluding hydrogens is 334 g/mol. The predicted octanol–water partition coefficient (Wildman–Crippen LogP) is 2.60.